The number of furan rings is 1. The number of carboxylic acids is 1. The first-order chi connectivity index (χ1) is 9.00. The van der Waals surface area contributed by atoms with Crippen molar-refractivity contribution in [1.29, 1.82) is 0 Å². The molecule has 0 aromatic carbocycles. The molecule has 0 aliphatic heterocycles. The van der Waals surface area contributed by atoms with Crippen molar-refractivity contribution in [2.24, 2.45) is 0 Å². The summed E-state index contributed by atoms with van der Waals surface area (Å²) >= 11 is 0. The van der Waals surface area contributed by atoms with Crippen LogP contribution >= 0.6 is 0 Å². The van der Waals surface area contributed by atoms with E-state index in [1.54, 1.807) is 24.2 Å². The van der Waals surface area contributed by atoms with Gasteiger partial charge < -0.3 is 14.4 Å². The van der Waals surface area contributed by atoms with Crippen LogP contribution < -0.4 is 0 Å². The van der Waals surface area contributed by atoms with E-state index in [2.05, 4.69) is 0 Å². The summed E-state index contributed by atoms with van der Waals surface area (Å²) in [6.45, 7) is 3.40. The minimum absolute atomic E-state index is 0.0927. The van der Waals surface area contributed by atoms with Crippen LogP contribution in [0.1, 0.15) is 32.4 Å². The van der Waals surface area contributed by atoms with Gasteiger partial charge >= 0.3 is 5.97 Å². The minimum atomic E-state index is -1.06. The van der Waals surface area contributed by atoms with Crippen molar-refractivity contribution < 1.29 is 19.1 Å². The van der Waals surface area contributed by atoms with Gasteiger partial charge in [-0.15, -0.1) is 0 Å². The Kier molecular flexibility index (Phi) is 3.74. The van der Waals surface area contributed by atoms with Crippen LogP contribution in [0.5, 0.6) is 0 Å². The van der Waals surface area contributed by atoms with Gasteiger partial charge in [-0.05, 0) is 38.8 Å². The number of carboxylic acid groups (broad SMARTS) is 1. The Morgan fingerprint density at radius 1 is 1.37 bits per heavy atom. The van der Waals surface area contributed by atoms with Crippen molar-refractivity contribution in [3.05, 3.63) is 35.3 Å². The molecule has 1 aliphatic carbocycles. The summed E-state index contributed by atoms with van der Waals surface area (Å²) in [4.78, 5) is 25.0. The molecule has 5 nitrogen and oxygen atoms in total. The summed E-state index contributed by atoms with van der Waals surface area (Å²) in [6.07, 6.45) is 3.49. The van der Waals surface area contributed by atoms with E-state index < -0.39 is 5.97 Å². The molecule has 1 fully saturated rings. The van der Waals surface area contributed by atoms with Gasteiger partial charge in [-0.1, -0.05) is 0 Å². The fourth-order valence-corrected chi connectivity index (χ4v) is 1.86. The van der Waals surface area contributed by atoms with Gasteiger partial charge in [0.15, 0.2) is 0 Å². The molecule has 1 saturated carbocycles. The van der Waals surface area contributed by atoms with Crippen LogP contribution in [0.15, 0.2) is 34.0 Å². The zero-order valence-electron chi connectivity index (χ0n) is 11.0. The highest BCUT2D eigenvalue weighted by molar-refractivity contribution is 6.01. The van der Waals surface area contributed by atoms with Crippen LogP contribution in [-0.2, 0) is 16.1 Å². The summed E-state index contributed by atoms with van der Waals surface area (Å²) in [5.41, 5.74) is 0.376. The monoisotopic (exact) mass is 263 g/mol. The zero-order chi connectivity index (χ0) is 14.0. The van der Waals surface area contributed by atoms with Crippen LogP contribution in [0.2, 0.25) is 0 Å². The van der Waals surface area contributed by atoms with Crippen LogP contribution in [-0.4, -0.2) is 27.9 Å². The normalized spacial score (nSPS) is 15.9. The Labute approximate surface area is 111 Å². The van der Waals surface area contributed by atoms with Crippen molar-refractivity contribution in [2.75, 3.05) is 0 Å². The highest BCUT2D eigenvalue weighted by Crippen LogP contribution is 2.30. The molecule has 0 radical (unpaired) electrons. The average Bonchev–Trinajstić information content (AvgIpc) is 3.10. The fourth-order valence-electron chi connectivity index (χ4n) is 1.86. The van der Waals surface area contributed by atoms with E-state index in [1.165, 1.54) is 6.92 Å². The molecular formula is C14H17NO4. The number of hydrogen-bond acceptors (Lipinski definition) is 3. The number of carbonyl (C=O) groups excluding carboxylic acids is 1. The first-order valence-electron chi connectivity index (χ1n) is 6.25. The molecular weight excluding hydrogens is 246 g/mol. The van der Waals surface area contributed by atoms with Crippen LogP contribution in [0, 0.1) is 0 Å². The Morgan fingerprint density at radius 3 is 2.53 bits per heavy atom. The lowest BCUT2D eigenvalue weighted by Crippen LogP contribution is -2.33. The van der Waals surface area contributed by atoms with Gasteiger partial charge in [0.25, 0.3) is 5.91 Å². The maximum absolute atomic E-state index is 12.4. The first-order valence-corrected chi connectivity index (χ1v) is 6.25. The first kappa shape index (κ1) is 13.4. The molecule has 0 unspecified atom stereocenters. The van der Waals surface area contributed by atoms with Gasteiger partial charge in [0, 0.05) is 17.2 Å². The molecule has 5 heteroatoms. The average molecular weight is 263 g/mol. The van der Waals surface area contributed by atoms with Gasteiger partial charge in [-0.3, -0.25) is 4.79 Å². The lowest BCUT2D eigenvalue weighted by Gasteiger charge is -2.22. The van der Waals surface area contributed by atoms with Crippen LogP contribution in [0.4, 0.5) is 0 Å². The number of amides is 1. The van der Waals surface area contributed by atoms with E-state index in [1.807, 2.05) is 6.07 Å². The minimum Gasteiger partial charge on any atom is -0.478 e. The number of nitrogens with zero attached hydrogens (tertiary/aromatic N) is 1. The molecule has 1 N–H and O–H groups in total. The van der Waals surface area contributed by atoms with E-state index in [0.29, 0.717) is 12.3 Å². The molecule has 0 saturated heterocycles. The van der Waals surface area contributed by atoms with Gasteiger partial charge in [-0.25, -0.2) is 4.79 Å². The lowest BCUT2D eigenvalue weighted by molar-refractivity contribution is -0.134. The number of aliphatic carboxylic acids is 1. The molecule has 1 aliphatic rings. The van der Waals surface area contributed by atoms with Crippen molar-refractivity contribution in [2.45, 2.75) is 39.3 Å². The summed E-state index contributed by atoms with van der Waals surface area (Å²) in [5, 5.41) is 8.95. The molecule has 0 bridgehead atoms. The quantitative estimate of drug-likeness (QED) is 0.827. The molecule has 1 aromatic heterocycles. The molecule has 102 valence electrons. The summed E-state index contributed by atoms with van der Waals surface area (Å²) in [5.74, 6) is -0.570. The van der Waals surface area contributed by atoms with Crippen molar-refractivity contribution in [3.63, 3.8) is 0 Å². The van der Waals surface area contributed by atoms with Crippen molar-refractivity contribution in [1.82, 2.24) is 4.90 Å². The number of rotatable bonds is 5. The third kappa shape index (κ3) is 3.05. The van der Waals surface area contributed by atoms with E-state index in [4.69, 9.17) is 9.52 Å². The van der Waals surface area contributed by atoms with E-state index in [-0.39, 0.29) is 23.1 Å². The molecule has 1 heterocycles. The van der Waals surface area contributed by atoms with Crippen molar-refractivity contribution >= 4 is 11.9 Å². The molecule has 2 rings (SSSR count). The van der Waals surface area contributed by atoms with E-state index >= 15 is 0 Å². The maximum atomic E-state index is 12.4. The maximum Gasteiger partial charge on any atom is 0.331 e. The molecule has 1 aromatic rings. The second-order valence-corrected chi connectivity index (χ2v) is 4.80. The lowest BCUT2D eigenvalue weighted by atomic mass is 10.1. The van der Waals surface area contributed by atoms with Crippen LogP contribution in [0.3, 0.4) is 0 Å². The third-order valence-corrected chi connectivity index (χ3v) is 3.36. The fraction of sp³-hybridized carbons (Fsp3) is 0.429. The largest absolute Gasteiger partial charge is 0.478 e. The van der Waals surface area contributed by atoms with E-state index in [9.17, 15) is 9.59 Å². The second kappa shape index (κ2) is 5.30. The van der Waals surface area contributed by atoms with E-state index in [0.717, 1.165) is 12.8 Å². The topological polar surface area (TPSA) is 70.8 Å². The Hall–Kier alpha value is -2.04. The van der Waals surface area contributed by atoms with Crippen LogP contribution in [0.25, 0.3) is 0 Å². The predicted molar refractivity (Wildman–Crippen MR) is 68.3 cm³/mol. The standard InChI is InChI=1S/C14H17NO4/c1-9(10(2)14(17)18)13(16)15(11-5-6-11)8-12-4-3-7-19-12/h3-4,7,11H,5-6,8H2,1-2H3,(H,17,18)/b10-9-. The predicted octanol–water partition coefficient (Wildman–Crippen LogP) is 2.19. The zero-order valence-corrected chi connectivity index (χ0v) is 11.0. The Bertz CT molecular complexity index is 512. The molecule has 0 spiro atoms. The summed E-state index contributed by atoms with van der Waals surface area (Å²) in [7, 11) is 0. The molecule has 1 amide bonds. The van der Waals surface area contributed by atoms with Gasteiger partial charge in [0.05, 0.1) is 12.8 Å². The molecule has 19 heavy (non-hydrogen) atoms. The molecule has 0 atom stereocenters. The Balaban J connectivity index is 2.18. The number of carbonyl (C=O) groups is 2. The summed E-state index contributed by atoms with van der Waals surface area (Å²) < 4.78 is 5.25. The Morgan fingerprint density at radius 2 is 2.05 bits per heavy atom. The third-order valence-electron chi connectivity index (χ3n) is 3.36. The summed E-state index contributed by atoms with van der Waals surface area (Å²) in [6, 6.07) is 3.79. The van der Waals surface area contributed by atoms with Gasteiger partial charge in [0.1, 0.15) is 5.76 Å². The van der Waals surface area contributed by atoms with Gasteiger partial charge in [0.2, 0.25) is 0 Å². The number of hydrogen-bond donors (Lipinski definition) is 1. The SMILES string of the molecule is C/C(C(=O)O)=C(\C)C(=O)N(Cc1ccco1)C1CC1. The smallest absolute Gasteiger partial charge is 0.331 e. The van der Waals surface area contributed by atoms with Crippen molar-refractivity contribution in [3.8, 4) is 0 Å². The van der Waals surface area contributed by atoms with Gasteiger partial charge in [-0.2, -0.15) is 0 Å². The highest BCUT2D eigenvalue weighted by Gasteiger charge is 2.34. The second-order valence-electron chi connectivity index (χ2n) is 4.80. The highest BCUT2D eigenvalue weighted by atomic mass is 16.4.